The molecular formula is C21H31N3. The Morgan fingerprint density at radius 3 is 2.50 bits per heavy atom. The maximum atomic E-state index is 9.02. The highest BCUT2D eigenvalue weighted by molar-refractivity contribution is 5.32. The topological polar surface area (TPSA) is 53.0 Å². The van der Waals surface area contributed by atoms with E-state index in [1.54, 1.807) is 0 Å². The first kappa shape index (κ1) is 17.5. The summed E-state index contributed by atoms with van der Waals surface area (Å²) in [4.78, 5) is 2.66. The quantitative estimate of drug-likeness (QED) is 0.897. The molecule has 0 amide bonds. The van der Waals surface area contributed by atoms with Crippen LogP contribution in [0.2, 0.25) is 0 Å². The molecule has 0 aromatic heterocycles. The number of likely N-dealkylation sites (tertiary alicyclic amines) is 1. The van der Waals surface area contributed by atoms with Gasteiger partial charge in [0.05, 0.1) is 11.6 Å². The Morgan fingerprint density at radius 2 is 1.79 bits per heavy atom. The lowest BCUT2D eigenvalue weighted by Gasteiger charge is -2.34. The molecule has 0 unspecified atom stereocenters. The standard InChI is InChI=1S/C21H31N3/c22-16-20-3-1-2-19(15-20)14-18-9-12-24(13-10-18)11-8-17-4-6-21(23)7-5-17/h1-3,15,17-18,21H,4-14,23H2. The zero-order chi connectivity index (χ0) is 16.8. The van der Waals surface area contributed by atoms with E-state index in [0.717, 1.165) is 23.8 Å². The van der Waals surface area contributed by atoms with Crippen LogP contribution in [0, 0.1) is 23.2 Å². The molecule has 1 aliphatic carbocycles. The van der Waals surface area contributed by atoms with E-state index in [0.29, 0.717) is 6.04 Å². The molecule has 2 N–H and O–H groups in total. The second-order valence-corrected chi connectivity index (χ2v) is 7.87. The van der Waals surface area contributed by atoms with Gasteiger partial charge in [-0.2, -0.15) is 5.26 Å². The highest BCUT2D eigenvalue weighted by atomic mass is 15.1. The fourth-order valence-corrected chi connectivity index (χ4v) is 4.36. The molecule has 3 heteroatoms. The summed E-state index contributed by atoms with van der Waals surface area (Å²) in [5.41, 5.74) is 8.12. The molecule has 3 nitrogen and oxygen atoms in total. The summed E-state index contributed by atoms with van der Waals surface area (Å²) in [6.45, 7) is 3.76. The van der Waals surface area contributed by atoms with Crippen molar-refractivity contribution in [1.82, 2.24) is 4.90 Å². The third-order valence-electron chi connectivity index (χ3n) is 6.03. The number of nitrogens with zero attached hydrogens (tertiary/aromatic N) is 2. The van der Waals surface area contributed by atoms with Gasteiger partial charge in [0.2, 0.25) is 0 Å². The van der Waals surface area contributed by atoms with Crippen LogP contribution in [-0.4, -0.2) is 30.6 Å². The Hall–Kier alpha value is -1.37. The molecule has 1 aliphatic heterocycles. The largest absolute Gasteiger partial charge is 0.328 e. The van der Waals surface area contributed by atoms with E-state index in [2.05, 4.69) is 23.1 Å². The highest BCUT2D eigenvalue weighted by Crippen LogP contribution is 2.27. The predicted molar refractivity (Wildman–Crippen MR) is 98.6 cm³/mol. The maximum Gasteiger partial charge on any atom is 0.0991 e. The van der Waals surface area contributed by atoms with Crippen molar-refractivity contribution in [2.45, 2.75) is 57.4 Å². The fourth-order valence-electron chi connectivity index (χ4n) is 4.36. The number of hydrogen-bond acceptors (Lipinski definition) is 3. The Morgan fingerprint density at radius 1 is 1.04 bits per heavy atom. The first-order valence-electron chi connectivity index (χ1n) is 9.70. The van der Waals surface area contributed by atoms with Crippen LogP contribution in [0.4, 0.5) is 0 Å². The summed E-state index contributed by atoms with van der Waals surface area (Å²) in [6.07, 6.45) is 10.2. The second kappa shape index (κ2) is 8.65. The molecule has 1 saturated heterocycles. The molecule has 2 fully saturated rings. The van der Waals surface area contributed by atoms with Crippen molar-refractivity contribution in [3.63, 3.8) is 0 Å². The lowest BCUT2D eigenvalue weighted by Crippen LogP contribution is -2.36. The first-order valence-corrected chi connectivity index (χ1v) is 9.70. The van der Waals surface area contributed by atoms with Crippen molar-refractivity contribution in [3.05, 3.63) is 35.4 Å². The summed E-state index contributed by atoms with van der Waals surface area (Å²) in [6, 6.07) is 10.8. The van der Waals surface area contributed by atoms with Crippen molar-refractivity contribution in [2.75, 3.05) is 19.6 Å². The van der Waals surface area contributed by atoms with Gasteiger partial charge in [0.25, 0.3) is 0 Å². The van der Waals surface area contributed by atoms with Gasteiger partial charge in [-0.15, -0.1) is 0 Å². The molecule has 2 aliphatic rings. The molecule has 24 heavy (non-hydrogen) atoms. The van der Waals surface area contributed by atoms with E-state index < -0.39 is 0 Å². The van der Waals surface area contributed by atoms with Crippen LogP contribution in [-0.2, 0) is 6.42 Å². The van der Waals surface area contributed by atoms with Gasteiger partial charge in [0, 0.05) is 6.04 Å². The third kappa shape index (κ3) is 5.06. The number of piperidine rings is 1. The number of rotatable bonds is 5. The van der Waals surface area contributed by atoms with Gasteiger partial charge < -0.3 is 10.6 Å². The van der Waals surface area contributed by atoms with Crippen LogP contribution in [0.3, 0.4) is 0 Å². The molecule has 1 saturated carbocycles. The SMILES string of the molecule is N#Cc1cccc(CC2CCN(CCC3CCC(N)CC3)CC2)c1. The normalized spacial score (nSPS) is 26.2. The molecule has 0 spiro atoms. The molecule has 1 heterocycles. The summed E-state index contributed by atoms with van der Waals surface area (Å²) >= 11 is 0. The molecule has 1 aromatic rings. The average Bonchev–Trinajstić information content (AvgIpc) is 2.63. The summed E-state index contributed by atoms with van der Waals surface area (Å²) in [7, 11) is 0. The smallest absolute Gasteiger partial charge is 0.0991 e. The molecule has 0 radical (unpaired) electrons. The zero-order valence-corrected chi connectivity index (χ0v) is 14.8. The molecular weight excluding hydrogens is 294 g/mol. The molecule has 1 aromatic carbocycles. The van der Waals surface area contributed by atoms with Crippen LogP contribution >= 0.6 is 0 Å². The van der Waals surface area contributed by atoms with Crippen LogP contribution in [0.15, 0.2) is 24.3 Å². The minimum atomic E-state index is 0.469. The van der Waals surface area contributed by atoms with Gasteiger partial charge in [-0.3, -0.25) is 0 Å². The van der Waals surface area contributed by atoms with Gasteiger partial charge >= 0.3 is 0 Å². The molecule has 130 valence electrons. The van der Waals surface area contributed by atoms with Crippen LogP contribution in [0.5, 0.6) is 0 Å². The van der Waals surface area contributed by atoms with Crippen LogP contribution in [0.1, 0.15) is 56.1 Å². The van der Waals surface area contributed by atoms with E-state index in [1.807, 2.05) is 12.1 Å². The van der Waals surface area contributed by atoms with Crippen molar-refractivity contribution < 1.29 is 0 Å². The Kier molecular flexibility index (Phi) is 6.29. The lowest BCUT2D eigenvalue weighted by molar-refractivity contribution is 0.165. The van der Waals surface area contributed by atoms with E-state index in [1.165, 1.54) is 70.1 Å². The van der Waals surface area contributed by atoms with Gasteiger partial charge in [0.15, 0.2) is 0 Å². The van der Waals surface area contributed by atoms with E-state index in [-0.39, 0.29) is 0 Å². The van der Waals surface area contributed by atoms with Crippen LogP contribution < -0.4 is 5.73 Å². The van der Waals surface area contributed by atoms with Gasteiger partial charge in [-0.1, -0.05) is 12.1 Å². The van der Waals surface area contributed by atoms with Gasteiger partial charge in [-0.05, 0) is 101 Å². The third-order valence-corrected chi connectivity index (χ3v) is 6.03. The Bertz CT molecular complexity index is 546. The predicted octanol–water partition coefficient (Wildman–Crippen LogP) is 3.72. The van der Waals surface area contributed by atoms with Crippen LogP contribution in [0.25, 0.3) is 0 Å². The average molecular weight is 326 g/mol. The van der Waals surface area contributed by atoms with E-state index in [9.17, 15) is 0 Å². The molecule has 3 rings (SSSR count). The number of hydrogen-bond donors (Lipinski definition) is 1. The second-order valence-electron chi connectivity index (χ2n) is 7.87. The van der Waals surface area contributed by atoms with E-state index >= 15 is 0 Å². The number of nitrogens with two attached hydrogens (primary N) is 1. The van der Waals surface area contributed by atoms with Crippen molar-refractivity contribution in [1.29, 1.82) is 5.26 Å². The lowest BCUT2D eigenvalue weighted by atomic mass is 9.84. The Balaban J connectivity index is 1.37. The van der Waals surface area contributed by atoms with Crippen molar-refractivity contribution in [2.24, 2.45) is 17.6 Å². The summed E-state index contributed by atoms with van der Waals surface area (Å²) < 4.78 is 0. The molecule has 0 atom stereocenters. The number of benzene rings is 1. The minimum absolute atomic E-state index is 0.469. The highest BCUT2D eigenvalue weighted by Gasteiger charge is 2.22. The Labute approximate surface area is 146 Å². The summed E-state index contributed by atoms with van der Waals surface area (Å²) in [5.74, 6) is 1.69. The molecule has 0 bridgehead atoms. The minimum Gasteiger partial charge on any atom is -0.328 e. The number of nitriles is 1. The fraction of sp³-hybridized carbons (Fsp3) is 0.667. The van der Waals surface area contributed by atoms with Crippen molar-refractivity contribution >= 4 is 0 Å². The first-order chi connectivity index (χ1) is 11.7. The van der Waals surface area contributed by atoms with Gasteiger partial charge in [-0.25, -0.2) is 0 Å². The summed E-state index contributed by atoms with van der Waals surface area (Å²) in [5, 5.41) is 9.02. The zero-order valence-electron chi connectivity index (χ0n) is 14.8. The van der Waals surface area contributed by atoms with Gasteiger partial charge in [0.1, 0.15) is 0 Å². The monoisotopic (exact) mass is 325 g/mol. The van der Waals surface area contributed by atoms with E-state index in [4.69, 9.17) is 11.0 Å². The van der Waals surface area contributed by atoms with Crippen molar-refractivity contribution in [3.8, 4) is 6.07 Å². The maximum absolute atomic E-state index is 9.02.